The first-order chi connectivity index (χ1) is 10.2. The zero-order chi connectivity index (χ0) is 15.1. The van der Waals surface area contributed by atoms with Crippen molar-refractivity contribution in [1.29, 1.82) is 0 Å². The molecule has 21 heavy (non-hydrogen) atoms. The van der Waals surface area contributed by atoms with E-state index in [1.165, 1.54) is 38.5 Å². The molecule has 0 spiro atoms. The second-order valence-corrected chi connectivity index (χ2v) is 6.92. The van der Waals surface area contributed by atoms with Crippen LogP contribution in [0.4, 0.5) is 0 Å². The number of alkyl halides is 1. The summed E-state index contributed by atoms with van der Waals surface area (Å²) in [6, 6.07) is 3.99. The third-order valence-corrected chi connectivity index (χ3v) is 4.95. The van der Waals surface area contributed by atoms with Crippen molar-refractivity contribution >= 4 is 27.5 Å². The molecule has 1 unspecified atom stereocenters. The number of rotatable bonds is 8. The molecule has 2 rings (SSSR count). The molecule has 1 atom stereocenters. The summed E-state index contributed by atoms with van der Waals surface area (Å²) in [6.45, 7) is 3.47. The molecule has 118 valence electrons. The van der Waals surface area contributed by atoms with Crippen LogP contribution in [0.2, 0.25) is 0 Å². The van der Waals surface area contributed by atoms with Crippen molar-refractivity contribution < 1.29 is 9.47 Å². The van der Waals surface area contributed by atoms with Gasteiger partial charge in [0.2, 0.25) is 0 Å². The average Bonchev–Trinajstić information content (AvgIpc) is 2.49. The van der Waals surface area contributed by atoms with Gasteiger partial charge in [0.25, 0.3) is 0 Å². The van der Waals surface area contributed by atoms with Crippen molar-refractivity contribution in [3.8, 4) is 11.5 Å². The summed E-state index contributed by atoms with van der Waals surface area (Å²) in [7, 11) is 0. The molecule has 1 aromatic rings. The van der Waals surface area contributed by atoms with E-state index in [0.29, 0.717) is 13.2 Å². The van der Waals surface area contributed by atoms with Crippen molar-refractivity contribution in [2.24, 2.45) is 0 Å². The molecule has 0 fully saturated rings. The van der Waals surface area contributed by atoms with Gasteiger partial charge >= 0.3 is 0 Å². The Morgan fingerprint density at radius 1 is 1.05 bits per heavy atom. The highest BCUT2D eigenvalue weighted by Gasteiger charge is 2.18. The number of ether oxygens (including phenoxy) is 2. The molecule has 1 heterocycles. The molecular weight excluding hydrogens is 352 g/mol. The third kappa shape index (κ3) is 5.07. The molecule has 2 nitrogen and oxygen atoms in total. The maximum absolute atomic E-state index is 6.57. The van der Waals surface area contributed by atoms with Gasteiger partial charge in [0, 0.05) is 4.47 Å². The van der Waals surface area contributed by atoms with E-state index >= 15 is 0 Å². The van der Waals surface area contributed by atoms with Crippen LogP contribution in [0.5, 0.6) is 11.5 Å². The monoisotopic (exact) mass is 374 g/mol. The zero-order valence-corrected chi connectivity index (χ0v) is 15.0. The van der Waals surface area contributed by atoms with Gasteiger partial charge in [0.05, 0.1) is 5.38 Å². The predicted octanol–water partition coefficient (Wildman–Crippen LogP) is 6.25. The first-order valence-electron chi connectivity index (χ1n) is 7.95. The molecule has 1 aromatic carbocycles. The molecule has 4 heteroatoms. The van der Waals surface area contributed by atoms with Crippen LogP contribution >= 0.6 is 27.5 Å². The maximum atomic E-state index is 6.57. The summed E-state index contributed by atoms with van der Waals surface area (Å²) in [5.41, 5.74) is 1.11. The van der Waals surface area contributed by atoms with Crippen molar-refractivity contribution in [2.45, 2.75) is 57.2 Å². The molecule has 1 aliphatic heterocycles. The van der Waals surface area contributed by atoms with Crippen LogP contribution in [0.1, 0.15) is 62.8 Å². The van der Waals surface area contributed by atoms with Crippen LogP contribution in [0.15, 0.2) is 16.6 Å². The Balaban J connectivity index is 1.85. The number of hydrogen-bond donors (Lipinski definition) is 0. The predicted molar refractivity (Wildman–Crippen MR) is 91.7 cm³/mol. The Bertz CT molecular complexity index is 451. The Morgan fingerprint density at radius 2 is 1.67 bits per heavy atom. The highest BCUT2D eigenvalue weighted by atomic mass is 79.9. The van der Waals surface area contributed by atoms with Crippen molar-refractivity contribution in [3.05, 3.63) is 22.2 Å². The Hall–Kier alpha value is -0.410. The molecule has 0 aliphatic carbocycles. The van der Waals surface area contributed by atoms with E-state index in [4.69, 9.17) is 21.1 Å². The van der Waals surface area contributed by atoms with Gasteiger partial charge in [0.15, 0.2) is 11.5 Å². The smallest absolute Gasteiger partial charge is 0.162 e. The minimum absolute atomic E-state index is 0.0291. The minimum atomic E-state index is 0.0291. The topological polar surface area (TPSA) is 18.5 Å². The van der Waals surface area contributed by atoms with Gasteiger partial charge in [-0.1, -0.05) is 61.4 Å². The molecule has 0 aromatic heterocycles. The van der Waals surface area contributed by atoms with E-state index in [9.17, 15) is 0 Å². The number of benzene rings is 1. The van der Waals surface area contributed by atoms with Gasteiger partial charge in [-0.3, -0.25) is 0 Å². The first-order valence-corrected chi connectivity index (χ1v) is 9.18. The highest BCUT2D eigenvalue weighted by Crippen LogP contribution is 2.40. The van der Waals surface area contributed by atoms with Crippen LogP contribution in [0, 0.1) is 0 Å². The fourth-order valence-electron chi connectivity index (χ4n) is 2.58. The lowest BCUT2D eigenvalue weighted by Gasteiger charge is -2.21. The minimum Gasteiger partial charge on any atom is -0.486 e. The molecule has 0 N–H and O–H groups in total. The van der Waals surface area contributed by atoms with Gasteiger partial charge in [-0.05, 0) is 24.1 Å². The van der Waals surface area contributed by atoms with Gasteiger partial charge in [-0.15, -0.1) is 11.6 Å². The summed E-state index contributed by atoms with van der Waals surface area (Å²) in [5, 5.41) is 0.0291. The number of unbranched alkanes of at least 4 members (excludes halogenated alkanes) is 5. The van der Waals surface area contributed by atoms with E-state index in [-0.39, 0.29) is 5.38 Å². The van der Waals surface area contributed by atoms with Gasteiger partial charge in [-0.2, -0.15) is 0 Å². The first kappa shape index (κ1) is 17.0. The van der Waals surface area contributed by atoms with E-state index in [2.05, 4.69) is 22.9 Å². The molecule has 0 amide bonds. The van der Waals surface area contributed by atoms with E-state index in [1.54, 1.807) is 0 Å². The van der Waals surface area contributed by atoms with E-state index in [0.717, 1.165) is 28.0 Å². The molecule has 1 aliphatic rings. The Labute approximate surface area is 141 Å². The lowest BCUT2D eigenvalue weighted by atomic mass is 10.0. The van der Waals surface area contributed by atoms with Crippen LogP contribution in [0.3, 0.4) is 0 Å². The Morgan fingerprint density at radius 3 is 2.38 bits per heavy atom. The van der Waals surface area contributed by atoms with Crippen LogP contribution < -0.4 is 9.47 Å². The zero-order valence-electron chi connectivity index (χ0n) is 12.7. The van der Waals surface area contributed by atoms with Crippen molar-refractivity contribution in [2.75, 3.05) is 13.2 Å². The van der Waals surface area contributed by atoms with Gasteiger partial charge in [0.1, 0.15) is 13.2 Å². The lowest BCUT2D eigenvalue weighted by Crippen LogP contribution is -2.15. The summed E-state index contributed by atoms with van der Waals surface area (Å²) >= 11 is 10.2. The van der Waals surface area contributed by atoms with Crippen LogP contribution in [0.25, 0.3) is 0 Å². The van der Waals surface area contributed by atoms with Gasteiger partial charge in [-0.25, -0.2) is 0 Å². The normalized spacial score (nSPS) is 15.0. The second kappa shape index (κ2) is 8.89. The highest BCUT2D eigenvalue weighted by molar-refractivity contribution is 9.10. The molecule has 0 saturated carbocycles. The molecule has 0 bridgehead atoms. The summed E-state index contributed by atoms with van der Waals surface area (Å²) in [4.78, 5) is 0. The van der Waals surface area contributed by atoms with Gasteiger partial charge < -0.3 is 9.47 Å². The fourth-order valence-corrected chi connectivity index (χ4v) is 3.64. The lowest BCUT2D eigenvalue weighted by molar-refractivity contribution is 0.171. The Kier molecular flexibility index (Phi) is 7.18. The number of halogens is 2. The third-order valence-electron chi connectivity index (χ3n) is 3.81. The van der Waals surface area contributed by atoms with E-state index < -0.39 is 0 Å². The SMILES string of the molecule is CCCCCCCCC(Cl)c1cc2c(cc1Br)OCCO2. The quantitative estimate of drug-likeness (QED) is 0.395. The molecule has 0 saturated heterocycles. The molecule has 0 radical (unpaired) electrons. The molecular formula is C17H24BrClO2. The summed E-state index contributed by atoms with van der Waals surface area (Å²) in [5.74, 6) is 1.62. The second-order valence-electron chi connectivity index (χ2n) is 5.54. The fraction of sp³-hybridized carbons (Fsp3) is 0.647. The largest absolute Gasteiger partial charge is 0.486 e. The summed E-state index contributed by atoms with van der Waals surface area (Å²) < 4.78 is 12.2. The standard InChI is InChI=1S/C17H24BrClO2/c1-2-3-4-5-6-7-8-15(19)13-11-16-17(12-14(13)18)21-10-9-20-16/h11-12,15H,2-10H2,1H3. The number of fused-ring (bicyclic) bond motifs is 1. The van der Waals surface area contributed by atoms with E-state index in [1.807, 2.05) is 12.1 Å². The van der Waals surface area contributed by atoms with Crippen LogP contribution in [-0.2, 0) is 0 Å². The van der Waals surface area contributed by atoms with Crippen LogP contribution in [-0.4, -0.2) is 13.2 Å². The van der Waals surface area contributed by atoms with Crippen molar-refractivity contribution in [3.63, 3.8) is 0 Å². The average molecular weight is 376 g/mol. The van der Waals surface area contributed by atoms with Crippen molar-refractivity contribution in [1.82, 2.24) is 0 Å². The number of hydrogen-bond acceptors (Lipinski definition) is 2. The maximum Gasteiger partial charge on any atom is 0.162 e. The summed E-state index contributed by atoms with van der Waals surface area (Å²) in [6.07, 6.45) is 8.76.